The third kappa shape index (κ3) is 2.65. The number of fused-ring (bicyclic) bond motifs is 1. The Labute approximate surface area is 139 Å². The van der Waals surface area contributed by atoms with Crippen molar-refractivity contribution in [3.63, 3.8) is 0 Å². The molecule has 0 aliphatic carbocycles. The molecule has 2 aliphatic rings. The highest BCUT2D eigenvalue weighted by atomic mass is 33.2. The molecule has 3 N–H and O–H groups in total. The molecule has 11 heteroatoms. The number of benzene rings is 1. The van der Waals surface area contributed by atoms with Crippen molar-refractivity contribution in [2.45, 2.75) is 4.90 Å². The van der Waals surface area contributed by atoms with Crippen LogP contribution in [0, 0.1) is 0 Å². The highest BCUT2D eigenvalue weighted by molar-refractivity contribution is 8.86. The summed E-state index contributed by atoms with van der Waals surface area (Å²) in [5.41, 5.74) is 0.124. The third-order valence-electron chi connectivity index (χ3n) is 3.15. The van der Waals surface area contributed by atoms with Crippen molar-refractivity contribution >= 4 is 44.3 Å². The van der Waals surface area contributed by atoms with E-state index in [-0.39, 0.29) is 20.4 Å². The fourth-order valence-corrected chi connectivity index (χ4v) is 7.95. The summed E-state index contributed by atoms with van der Waals surface area (Å²) in [6.07, 6.45) is 2.18. The molecule has 8 nitrogen and oxygen atoms in total. The number of nitrogens with zero attached hydrogens (tertiary/aromatic N) is 1. The summed E-state index contributed by atoms with van der Waals surface area (Å²) in [6.45, 7) is 0. The van der Waals surface area contributed by atoms with E-state index in [2.05, 4.69) is 4.99 Å². The first kappa shape index (κ1) is 16.8. The minimum absolute atomic E-state index is 0.0755. The standard InChI is InChI=1S/C13H10N2O6S3/c14-23(18,19)11-7-8-6-10(13(16)17)22(12(8)15-11)24(20,21)9-4-2-1-3-5-9/h1-7H,(H,16,17)(H2,14,18,19). The van der Waals surface area contributed by atoms with E-state index in [0.29, 0.717) is 0 Å². The number of rotatable bonds is 4. The molecule has 2 aliphatic heterocycles. The maximum absolute atomic E-state index is 12.9. The van der Waals surface area contributed by atoms with Gasteiger partial charge in [-0.3, -0.25) is 0 Å². The number of aliphatic imine (C=N–C) groups is 1. The van der Waals surface area contributed by atoms with Gasteiger partial charge in [-0.25, -0.2) is 31.8 Å². The largest absolute Gasteiger partial charge is 0.477 e. The highest BCUT2D eigenvalue weighted by Crippen LogP contribution is 2.43. The van der Waals surface area contributed by atoms with Crippen molar-refractivity contribution in [3.8, 4) is 0 Å². The number of hydrogen-bond donors (Lipinski definition) is 2. The molecule has 0 spiro atoms. The Bertz CT molecular complexity index is 1090. The van der Waals surface area contributed by atoms with Crippen LogP contribution in [0.5, 0.6) is 0 Å². The Balaban J connectivity index is 2.23. The predicted octanol–water partition coefficient (Wildman–Crippen LogP) is 0.383. The van der Waals surface area contributed by atoms with Gasteiger partial charge in [-0.15, -0.1) is 0 Å². The van der Waals surface area contributed by atoms with Crippen LogP contribution in [0.3, 0.4) is 0 Å². The third-order valence-corrected chi connectivity index (χ3v) is 9.51. The SMILES string of the molecule is NS(=O)(=O)C1=CC2=CC(C(=O)O)=S(S(=O)(=O)c3ccccc3)C2=N1. The van der Waals surface area contributed by atoms with Gasteiger partial charge in [0.25, 0.3) is 10.0 Å². The van der Waals surface area contributed by atoms with Crippen LogP contribution in [0.4, 0.5) is 0 Å². The molecule has 0 aromatic heterocycles. The average molecular weight is 386 g/mol. The molecule has 0 radical (unpaired) electrons. The van der Waals surface area contributed by atoms with Crippen LogP contribution in [0.1, 0.15) is 0 Å². The second-order valence-electron chi connectivity index (χ2n) is 4.75. The van der Waals surface area contributed by atoms with Crippen molar-refractivity contribution in [1.29, 1.82) is 0 Å². The molecule has 1 aromatic rings. The topological polar surface area (TPSA) is 144 Å². The van der Waals surface area contributed by atoms with Crippen LogP contribution >= 0.6 is 9.52 Å². The highest BCUT2D eigenvalue weighted by Gasteiger charge is 2.38. The Morgan fingerprint density at radius 3 is 2.25 bits per heavy atom. The van der Waals surface area contributed by atoms with E-state index in [4.69, 9.17) is 5.14 Å². The molecule has 0 fully saturated rings. The van der Waals surface area contributed by atoms with Gasteiger partial charge >= 0.3 is 5.97 Å². The Kier molecular flexibility index (Phi) is 3.83. The zero-order chi connectivity index (χ0) is 17.7. The number of carboxylic acids is 1. The average Bonchev–Trinajstić information content (AvgIpc) is 3.04. The van der Waals surface area contributed by atoms with Crippen molar-refractivity contribution < 1.29 is 26.7 Å². The first-order chi connectivity index (χ1) is 11.1. The fourth-order valence-electron chi connectivity index (χ4n) is 2.13. The van der Waals surface area contributed by atoms with E-state index in [1.165, 1.54) is 24.3 Å². The van der Waals surface area contributed by atoms with E-state index in [1.807, 2.05) is 0 Å². The Hall–Kier alpha value is -2.08. The lowest BCUT2D eigenvalue weighted by Crippen LogP contribution is -2.15. The number of hydrogen-bond acceptors (Lipinski definition) is 6. The summed E-state index contributed by atoms with van der Waals surface area (Å²) in [4.78, 5) is 14.8. The summed E-state index contributed by atoms with van der Waals surface area (Å²) >= 11 is 0. The molecule has 1 unspecified atom stereocenters. The van der Waals surface area contributed by atoms with Crippen LogP contribution in [-0.4, -0.2) is 37.8 Å². The lowest BCUT2D eigenvalue weighted by atomic mass is 10.2. The molecule has 1 atom stereocenters. The Morgan fingerprint density at radius 1 is 1.08 bits per heavy atom. The minimum atomic E-state index is -4.13. The van der Waals surface area contributed by atoms with Gasteiger partial charge in [0.1, 0.15) is 9.91 Å². The maximum atomic E-state index is 12.9. The normalized spacial score (nSPS) is 20.3. The quantitative estimate of drug-likeness (QED) is 0.565. The molecule has 2 heterocycles. The van der Waals surface area contributed by atoms with Gasteiger partial charge in [0, 0.05) is 5.57 Å². The van der Waals surface area contributed by atoms with Gasteiger partial charge in [0.2, 0.25) is 8.87 Å². The number of sulfonamides is 1. The molecule has 0 bridgehead atoms. The number of carbonyl (C=O) groups is 1. The van der Waals surface area contributed by atoms with Crippen LogP contribution in [-0.2, 0) is 23.7 Å². The fraction of sp³-hybridized carbons (Fsp3) is 0. The Morgan fingerprint density at radius 2 is 1.71 bits per heavy atom. The van der Waals surface area contributed by atoms with Gasteiger partial charge in [0.15, 0.2) is 5.03 Å². The number of primary sulfonamides is 1. The molecule has 0 amide bonds. The van der Waals surface area contributed by atoms with Gasteiger partial charge in [0.05, 0.1) is 4.90 Å². The number of nitrogens with two attached hydrogens (primary N) is 1. The van der Waals surface area contributed by atoms with Gasteiger partial charge in [-0.2, -0.15) is 0 Å². The molecule has 0 saturated heterocycles. The monoisotopic (exact) mass is 386 g/mol. The lowest BCUT2D eigenvalue weighted by Gasteiger charge is -2.09. The van der Waals surface area contributed by atoms with Crippen LogP contribution in [0.15, 0.2) is 63.0 Å². The summed E-state index contributed by atoms with van der Waals surface area (Å²) in [6, 6.07) is 7.31. The molecule has 126 valence electrons. The molecular weight excluding hydrogens is 376 g/mol. The maximum Gasteiger partial charge on any atom is 0.342 e. The van der Waals surface area contributed by atoms with E-state index >= 15 is 0 Å². The first-order valence-corrected chi connectivity index (χ1v) is 11.1. The van der Waals surface area contributed by atoms with E-state index in [9.17, 15) is 26.7 Å². The van der Waals surface area contributed by atoms with Crippen molar-refractivity contribution in [1.82, 2.24) is 0 Å². The summed E-state index contributed by atoms with van der Waals surface area (Å²) in [5, 5.41) is 13.7. The van der Waals surface area contributed by atoms with Crippen molar-refractivity contribution in [2.24, 2.45) is 10.1 Å². The van der Waals surface area contributed by atoms with Gasteiger partial charge < -0.3 is 5.11 Å². The number of allylic oxidation sites excluding steroid dienone is 1. The second-order valence-corrected chi connectivity index (χ2v) is 11.3. The molecule has 3 rings (SSSR count). The zero-order valence-corrected chi connectivity index (χ0v) is 14.2. The number of aliphatic carboxylic acids is 1. The summed E-state index contributed by atoms with van der Waals surface area (Å²) < 4.78 is 48.5. The van der Waals surface area contributed by atoms with Crippen LogP contribution in [0.2, 0.25) is 0 Å². The predicted molar refractivity (Wildman–Crippen MR) is 90.6 cm³/mol. The zero-order valence-electron chi connectivity index (χ0n) is 11.8. The summed E-state index contributed by atoms with van der Waals surface area (Å²) in [5.74, 6) is -1.41. The van der Waals surface area contributed by atoms with E-state index in [0.717, 1.165) is 12.2 Å². The van der Waals surface area contributed by atoms with E-state index < -0.39 is 39.4 Å². The molecule has 24 heavy (non-hydrogen) atoms. The van der Waals surface area contributed by atoms with Crippen LogP contribution in [0.25, 0.3) is 0 Å². The van der Waals surface area contributed by atoms with Crippen molar-refractivity contribution in [3.05, 3.63) is 53.1 Å². The van der Waals surface area contributed by atoms with Gasteiger partial charge in [-0.1, -0.05) is 18.2 Å². The van der Waals surface area contributed by atoms with Gasteiger partial charge in [-0.05, 0) is 33.8 Å². The minimum Gasteiger partial charge on any atom is -0.477 e. The number of carboxylic acid groups (broad SMARTS) is 1. The molecule has 0 saturated carbocycles. The molecule has 1 aromatic carbocycles. The van der Waals surface area contributed by atoms with E-state index in [1.54, 1.807) is 6.07 Å². The lowest BCUT2D eigenvalue weighted by molar-refractivity contribution is -0.129. The van der Waals surface area contributed by atoms with Crippen LogP contribution < -0.4 is 5.14 Å². The summed E-state index contributed by atoms with van der Waals surface area (Å²) in [7, 11) is -10.2. The molecular formula is C13H10N2O6S3. The first-order valence-electron chi connectivity index (χ1n) is 6.33. The smallest absolute Gasteiger partial charge is 0.342 e. The second kappa shape index (κ2) is 5.48. The van der Waals surface area contributed by atoms with Crippen molar-refractivity contribution in [2.75, 3.05) is 0 Å².